The molecule has 1 rings (SSSR count). The van der Waals surface area contributed by atoms with Gasteiger partial charge in [0, 0.05) is 25.1 Å². The molecule has 1 amide bonds. The van der Waals surface area contributed by atoms with Gasteiger partial charge in [0.05, 0.1) is 18.9 Å². The van der Waals surface area contributed by atoms with Gasteiger partial charge in [0.25, 0.3) is 0 Å². The fourth-order valence-corrected chi connectivity index (χ4v) is 1.75. The summed E-state index contributed by atoms with van der Waals surface area (Å²) in [5.74, 6) is 0.796. The molecular weight excluding hydrogens is 248 g/mol. The minimum absolute atomic E-state index is 0.0159. The van der Waals surface area contributed by atoms with E-state index in [0.29, 0.717) is 32.6 Å². The normalized spacial score (nSPS) is 10.7. The molecule has 0 aromatic carbocycles. The number of ether oxygens (including phenoxy) is 1. The Bertz CT molecular complexity index is 370. The van der Waals surface area contributed by atoms with Crippen molar-refractivity contribution < 1.29 is 19.2 Å². The Labute approximate surface area is 113 Å². The second kappa shape index (κ2) is 8.66. The number of aliphatic hydroxyl groups is 1. The molecule has 0 atom stereocenters. The van der Waals surface area contributed by atoms with Gasteiger partial charge in [0.15, 0.2) is 0 Å². The maximum absolute atomic E-state index is 11.6. The molecule has 0 spiro atoms. The average Bonchev–Trinajstić information content (AvgIpc) is 2.71. The van der Waals surface area contributed by atoms with Crippen LogP contribution in [0.2, 0.25) is 0 Å². The van der Waals surface area contributed by atoms with E-state index in [0.717, 1.165) is 23.4 Å². The van der Waals surface area contributed by atoms with Crippen LogP contribution in [-0.4, -0.2) is 42.5 Å². The third-order valence-corrected chi connectivity index (χ3v) is 2.81. The first-order valence-corrected chi connectivity index (χ1v) is 6.52. The van der Waals surface area contributed by atoms with Crippen molar-refractivity contribution in [1.82, 2.24) is 10.5 Å². The van der Waals surface area contributed by atoms with Crippen molar-refractivity contribution in [1.29, 1.82) is 0 Å². The number of nitrogens with one attached hydrogen (secondary N) is 1. The van der Waals surface area contributed by atoms with Crippen LogP contribution in [0.15, 0.2) is 4.52 Å². The van der Waals surface area contributed by atoms with E-state index in [1.54, 1.807) is 0 Å². The van der Waals surface area contributed by atoms with E-state index in [4.69, 9.17) is 14.4 Å². The van der Waals surface area contributed by atoms with Crippen LogP contribution in [0.3, 0.4) is 0 Å². The lowest BCUT2D eigenvalue weighted by atomic mass is 10.1. The quantitative estimate of drug-likeness (QED) is 0.646. The number of rotatable bonds is 9. The van der Waals surface area contributed by atoms with Gasteiger partial charge in [-0.2, -0.15) is 0 Å². The topological polar surface area (TPSA) is 84.6 Å². The average molecular weight is 270 g/mol. The number of aromatic nitrogens is 1. The molecule has 0 saturated heterocycles. The van der Waals surface area contributed by atoms with Gasteiger partial charge >= 0.3 is 0 Å². The molecule has 0 fully saturated rings. The molecular formula is C13H22N2O4. The fraction of sp³-hybridized carbons (Fsp3) is 0.692. The number of amides is 1. The first-order valence-electron chi connectivity index (χ1n) is 6.52. The zero-order valence-electron chi connectivity index (χ0n) is 11.6. The van der Waals surface area contributed by atoms with Crippen molar-refractivity contribution in [2.24, 2.45) is 0 Å². The highest BCUT2D eigenvalue weighted by Gasteiger charge is 2.10. The number of hydrogen-bond acceptors (Lipinski definition) is 5. The lowest BCUT2D eigenvalue weighted by molar-refractivity contribution is -0.121. The molecule has 0 saturated carbocycles. The molecule has 1 heterocycles. The Hall–Kier alpha value is -1.40. The first kappa shape index (κ1) is 15.7. The summed E-state index contributed by atoms with van der Waals surface area (Å²) in [6.07, 6.45) is 1.82. The largest absolute Gasteiger partial charge is 0.394 e. The summed E-state index contributed by atoms with van der Waals surface area (Å²) in [6.45, 7) is 5.24. The van der Waals surface area contributed by atoms with Gasteiger partial charge in [-0.3, -0.25) is 4.79 Å². The van der Waals surface area contributed by atoms with Crippen molar-refractivity contribution in [3.05, 3.63) is 17.0 Å². The zero-order chi connectivity index (χ0) is 14.1. The van der Waals surface area contributed by atoms with Gasteiger partial charge in [-0.25, -0.2) is 0 Å². The molecule has 108 valence electrons. The van der Waals surface area contributed by atoms with E-state index in [2.05, 4.69) is 10.5 Å². The predicted octanol–water partition coefficient (Wildman–Crippen LogP) is 0.739. The van der Waals surface area contributed by atoms with Crippen LogP contribution in [0.5, 0.6) is 0 Å². The van der Waals surface area contributed by atoms with Crippen LogP contribution in [0, 0.1) is 13.8 Å². The summed E-state index contributed by atoms with van der Waals surface area (Å²) in [5, 5.41) is 15.2. The second-order valence-corrected chi connectivity index (χ2v) is 4.34. The number of aliphatic hydroxyl groups excluding tert-OH is 1. The van der Waals surface area contributed by atoms with E-state index in [9.17, 15) is 4.79 Å². The van der Waals surface area contributed by atoms with Crippen molar-refractivity contribution >= 4 is 5.91 Å². The number of aryl methyl sites for hydroxylation is 2. The van der Waals surface area contributed by atoms with E-state index in [1.807, 2.05) is 13.8 Å². The molecule has 0 bridgehead atoms. The highest BCUT2D eigenvalue weighted by atomic mass is 16.5. The standard InChI is InChI=1S/C13H22N2O4/c1-10-12(11(2)19-15-10)4-5-13(17)14-6-3-8-18-9-7-16/h16H,3-9H2,1-2H3,(H,14,17). The molecule has 0 radical (unpaired) electrons. The lowest BCUT2D eigenvalue weighted by Gasteiger charge is -2.05. The molecule has 2 N–H and O–H groups in total. The van der Waals surface area contributed by atoms with Crippen molar-refractivity contribution in [2.45, 2.75) is 33.1 Å². The highest BCUT2D eigenvalue weighted by Crippen LogP contribution is 2.13. The van der Waals surface area contributed by atoms with E-state index >= 15 is 0 Å². The summed E-state index contributed by atoms with van der Waals surface area (Å²) in [5.41, 5.74) is 1.86. The van der Waals surface area contributed by atoms with Gasteiger partial charge in [0.1, 0.15) is 5.76 Å². The molecule has 0 aliphatic heterocycles. The van der Waals surface area contributed by atoms with E-state index in [-0.39, 0.29) is 12.5 Å². The molecule has 1 aromatic heterocycles. The Kier molecular flexibility index (Phi) is 7.14. The Balaban J connectivity index is 2.11. The Morgan fingerprint density at radius 1 is 1.42 bits per heavy atom. The first-order chi connectivity index (χ1) is 9.15. The summed E-state index contributed by atoms with van der Waals surface area (Å²) >= 11 is 0. The Morgan fingerprint density at radius 3 is 2.84 bits per heavy atom. The van der Waals surface area contributed by atoms with Crippen molar-refractivity contribution in [2.75, 3.05) is 26.4 Å². The van der Waals surface area contributed by atoms with Crippen LogP contribution in [0.1, 0.15) is 29.9 Å². The fourth-order valence-electron chi connectivity index (χ4n) is 1.75. The number of carbonyl (C=O) groups is 1. The van der Waals surface area contributed by atoms with Crippen LogP contribution in [-0.2, 0) is 16.0 Å². The van der Waals surface area contributed by atoms with Crippen LogP contribution < -0.4 is 5.32 Å². The maximum atomic E-state index is 11.6. The summed E-state index contributed by atoms with van der Waals surface area (Å²) < 4.78 is 10.1. The van der Waals surface area contributed by atoms with Gasteiger partial charge in [-0.05, 0) is 26.7 Å². The van der Waals surface area contributed by atoms with Crippen molar-refractivity contribution in [3.63, 3.8) is 0 Å². The maximum Gasteiger partial charge on any atom is 0.220 e. The highest BCUT2D eigenvalue weighted by molar-refractivity contribution is 5.76. The van der Waals surface area contributed by atoms with E-state index < -0.39 is 0 Å². The monoisotopic (exact) mass is 270 g/mol. The van der Waals surface area contributed by atoms with Gasteiger partial charge in [-0.1, -0.05) is 5.16 Å². The Morgan fingerprint density at radius 2 is 2.21 bits per heavy atom. The molecule has 0 aliphatic rings. The molecule has 0 aliphatic carbocycles. The minimum Gasteiger partial charge on any atom is -0.394 e. The third kappa shape index (κ3) is 5.85. The molecule has 6 nitrogen and oxygen atoms in total. The SMILES string of the molecule is Cc1noc(C)c1CCC(=O)NCCCOCCO. The molecule has 1 aromatic rings. The van der Waals surface area contributed by atoms with Gasteiger partial charge in [-0.15, -0.1) is 0 Å². The lowest BCUT2D eigenvalue weighted by Crippen LogP contribution is -2.25. The summed E-state index contributed by atoms with van der Waals surface area (Å²) in [4.78, 5) is 11.6. The smallest absolute Gasteiger partial charge is 0.220 e. The van der Waals surface area contributed by atoms with Crippen molar-refractivity contribution in [3.8, 4) is 0 Å². The molecule has 19 heavy (non-hydrogen) atoms. The second-order valence-electron chi connectivity index (χ2n) is 4.34. The van der Waals surface area contributed by atoms with Crippen LogP contribution >= 0.6 is 0 Å². The van der Waals surface area contributed by atoms with Gasteiger partial charge in [0.2, 0.25) is 5.91 Å². The molecule has 6 heteroatoms. The van der Waals surface area contributed by atoms with Crippen LogP contribution in [0.25, 0.3) is 0 Å². The number of hydrogen-bond donors (Lipinski definition) is 2. The van der Waals surface area contributed by atoms with E-state index in [1.165, 1.54) is 0 Å². The third-order valence-electron chi connectivity index (χ3n) is 2.81. The number of nitrogens with zero attached hydrogens (tertiary/aromatic N) is 1. The zero-order valence-corrected chi connectivity index (χ0v) is 11.6. The summed E-state index contributed by atoms with van der Waals surface area (Å²) in [7, 11) is 0. The molecule has 0 unspecified atom stereocenters. The minimum atomic E-state index is 0.0159. The predicted molar refractivity (Wildman–Crippen MR) is 69.8 cm³/mol. The summed E-state index contributed by atoms with van der Waals surface area (Å²) in [6, 6.07) is 0. The number of carbonyl (C=O) groups excluding carboxylic acids is 1. The van der Waals surface area contributed by atoms with Gasteiger partial charge < -0.3 is 19.7 Å². The van der Waals surface area contributed by atoms with Crippen LogP contribution in [0.4, 0.5) is 0 Å².